The number of unbranched alkanes of at least 4 members (excludes halogenated alkanes) is 58. The normalized spacial score (nSPS) is 12.5. The highest BCUT2D eigenvalue weighted by Gasteiger charge is 2.20. The molecule has 0 bridgehead atoms. The number of rotatable bonds is 71. The number of allylic oxidation sites excluding steroid dienone is 2. The van der Waals surface area contributed by atoms with Crippen LogP contribution < -0.4 is 5.32 Å². The van der Waals surface area contributed by atoms with Gasteiger partial charge in [0, 0.05) is 12.8 Å². The van der Waals surface area contributed by atoms with Crippen LogP contribution in [0.25, 0.3) is 0 Å². The molecule has 0 aliphatic carbocycles. The van der Waals surface area contributed by atoms with Gasteiger partial charge in [0.05, 0.1) is 25.4 Å². The fourth-order valence-electron chi connectivity index (χ4n) is 12.1. The molecule has 0 saturated carbocycles. The zero-order valence-corrected chi connectivity index (χ0v) is 55.3. The van der Waals surface area contributed by atoms with Gasteiger partial charge in [-0.05, 0) is 51.4 Å². The first kappa shape index (κ1) is 79.6. The van der Waals surface area contributed by atoms with E-state index >= 15 is 0 Å². The molecule has 2 atom stereocenters. The molecule has 0 saturated heterocycles. The standard InChI is InChI=1S/C75H147NO5/c1-3-5-7-9-11-13-15-17-19-35-39-43-47-51-55-59-63-67-73(78)72(71-77)76-74(79)68-64-60-56-52-48-44-40-37-33-31-29-27-25-23-21-22-24-26-28-30-32-34-38-42-46-50-54-58-62-66-70-81-75(80)69-65-61-57-53-49-45-41-36-20-18-16-14-12-10-8-6-4-2/h18,20,72-73,77-78H,3-17,19,21-71H2,1-2H3,(H,76,79)/b20-18-. The maximum Gasteiger partial charge on any atom is 0.305 e. The van der Waals surface area contributed by atoms with Crippen molar-refractivity contribution in [2.75, 3.05) is 13.2 Å². The summed E-state index contributed by atoms with van der Waals surface area (Å²) < 4.78 is 5.51. The Kier molecular flexibility index (Phi) is 69.9. The number of aliphatic hydroxyl groups excluding tert-OH is 2. The average molecular weight is 1140 g/mol. The number of aliphatic hydroxyl groups is 2. The van der Waals surface area contributed by atoms with Crippen LogP contribution in [-0.2, 0) is 14.3 Å². The van der Waals surface area contributed by atoms with Crippen LogP contribution in [0.5, 0.6) is 0 Å². The van der Waals surface area contributed by atoms with E-state index in [4.69, 9.17) is 4.74 Å². The molecule has 2 unspecified atom stereocenters. The molecule has 0 rings (SSSR count). The first-order valence-corrected chi connectivity index (χ1v) is 37.4. The number of esters is 1. The van der Waals surface area contributed by atoms with Crippen LogP contribution in [0.15, 0.2) is 12.2 Å². The lowest BCUT2D eigenvalue weighted by molar-refractivity contribution is -0.143. The third-order valence-electron chi connectivity index (χ3n) is 17.8. The molecule has 0 heterocycles. The fourth-order valence-corrected chi connectivity index (χ4v) is 12.1. The number of hydrogen-bond donors (Lipinski definition) is 3. The molecule has 0 fully saturated rings. The van der Waals surface area contributed by atoms with E-state index in [1.807, 2.05) is 0 Å². The van der Waals surface area contributed by atoms with Crippen LogP contribution in [-0.4, -0.2) is 47.4 Å². The van der Waals surface area contributed by atoms with Gasteiger partial charge in [0.25, 0.3) is 0 Å². The zero-order chi connectivity index (χ0) is 58.5. The minimum atomic E-state index is -0.661. The molecule has 6 nitrogen and oxygen atoms in total. The zero-order valence-electron chi connectivity index (χ0n) is 55.3. The lowest BCUT2D eigenvalue weighted by Gasteiger charge is -2.22. The Balaban J connectivity index is 3.32. The largest absolute Gasteiger partial charge is 0.466 e. The Morgan fingerprint density at radius 2 is 0.580 bits per heavy atom. The van der Waals surface area contributed by atoms with Crippen molar-refractivity contribution in [3.63, 3.8) is 0 Å². The average Bonchev–Trinajstić information content (AvgIpc) is 3.47. The van der Waals surface area contributed by atoms with E-state index in [-0.39, 0.29) is 18.5 Å². The maximum absolute atomic E-state index is 12.5. The lowest BCUT2D eigenvalue weighted by Crippen LogP contribution is -2.45. The predicted octanol–water partition coefficient (Wildman–Crippen LogP) is 24.3. The number of hydrogen-bond acceptors (Lipinski definition) is 5. The minimum absolute atomic E-state index is 0.0179. The third-order valence-corrected chi connectivity index (χ3v) is 17.8. The summed E-state index contributed by atoms with van der Waals surface area (Å²) in [5.41, 5.74) is 0. The van der Waals surface area contributed by atoms with Gasteiger partial charge < -0.3 is 20.3 Å². The van der Waals surface area contributed by atoms with Crippen LogP contribution in [0.4, 0.5) is 0 Å². The molecular weight excluding hydrogens is 995 g/mol. The molecule has 0 spiro atoms. The van der Waals surface area contributed by atoms with Gasteiger partial charge in [-0.2, -0.15) is 0 Å². The molecule has 0 aromatic rings. The second kappa shape index (κ2) is 71.1. The summed E-state index contributed by atoms with van der Waals surface area (Å²) in [6, 6.07) is -0.538. The molecule has 0 aromatic heterocycles. The lowest BCUT2D eigenvalue weighted by atomic mass is 10.0. The first-order chi connectivity index (χ1) is 40.0. The SMILES string of the molecule is CCCCCCCC/C=C\CCCCCCCCCC(=O)OCCCCCCCCCCCCCCCCCCCCCCCCCCCCCCCCC(=O)NC(CO)C(O)CCCCCCCCCCCCCCCCCCC. The summed E-state index contributed by atoms with van der Waals surface area (Å²) in [6.45, 7) is 5.00. The molecule has 482 valence electrons. The van der Waals surface area contributed by atoms with Crippen LogP contribution >= 0.6 is 0 Å². The van der Waals surface area contributed by atoms with Crippen molar-refractivity contribution in [2.45, 2.75) is 443 Å². The van der Waals surface area contributed by atoms with Gasteiger partial charge in [-0.1, -0.05) is 379 Å². The van der Waals surface area contributed by atoms with Crippen LogP contribution in [0.3, 0.4) is 0 Å². The van der Waals surface area contributed by atoms with Gasteiger partial charge >= 0.3 is 5.97 Å². The van der Waals surface area contributed by atoms with Crippen LogP contribution in [0.1, 0.15) is 431 Å². The topological polar surface area (TPSA) is 95.9 Å². The Labute approximate surface area is 508 Å². The molecule has 0 aliphatic rings. The molecule has 1 amide bonds. The van der Waals surface area contributed by atoms with Gasteiger partial charge in [-0.25, -0.2) is 0 Å². The monoisotopic (exact) mass is 1140 g/mol. The van der Waals surface area contributed by atoms with E-state index in [0.717, 1.165) is 44.9 Å². The van der Waals surface area contributed by atoms with Gasteiger partial charge in [-0.15, -0.1) is 0 Å². The number of ether oxygens (including phenoxy) is 1. The summed E-state index contributed by atoms with van der Waals surface area (Å²) in [7, 11) is 0. The van der Waals surface area contributed by atoms with Gasteiger partial charge in [0.1, 0.15) is 0 Å². The highest BCUT2D eigenvalue weighted by Crippen LogP contribution is 2.20. The van der Waals surface area contributed by atoms with Crippen molar-refractivity contribution in [1.82, 2.24) is 5.32 Å². The van der Waals surface area contributed by atoms with Crippen molar-refractivity contribution in [1.29, 1.82) is 0 Å². The van der Waals surface area contributed by atoms with Crippen LogP contribution in [0.2, 0.25) is 0 Å². The summed E-state index contributed by atoms with van der Waals surface area (Å²) in [4.78, 5) is 24.6. The quantitative estimate of drug-likeness (QED) is 0.0320. The van der Waals surface area contributed by atoms with Crippen molar-refractivity contribution in [3.05, 3.63) is 12.2 Å². The van der Waals surface area contributed by atoms with Gasteiger partial charge in [0.2, 0.25) is 5.91 Å². The number of carbonyl (C=O) groups excluding carboxylic acids is 2. The van der Waals surface area contributed by atoms with Gasteiger partial charge in [0.15, 0.2) is 0 Å². The third kappa shape index (κ3) is 67.6. The first-order valence-electron chi connectivity index (χ1n) is 37.4. The second-order valence-electron chi connectivity index (χ2n) is 26.0. The summed E-state index contributed by atoms with van der Waals surface area (Å²) in [5, 5.41) is 23.4. The van der Waals surface area contributed by atoms with E-state index in [1.165, 1.54) is 353 Å². The van der Waals surface area contributed by atoms with E-state index in [9.17, 15) is 19.8 Å². The summed E-state index contributed by atoms with van der Waals surface area (Å²) in [5.74, 6) is -0.00883. The maximum atomic E-state index is 12.5. The van der Waals surface area contributed by atoms with E-state index in [1.54, 1.807) is 0 Å². The Bertz CT molecular complexity index is 1220. The van der Waals surface area contributed by atoms with Crippen molar-refractivity contribution in [3.8, 4) is 0 Å². The summed E-state index contributed by atoms with van der Waals surface area (Å²) in [6.07, 6.45) is 88.5. The highest BCUT2D eigenvalue weighted by molar-refractivity contribution is 5.76. The Hall–Kier alpha value is -1.40. The Morgan fingerprint density at radius 3 is 0.877 bits per heavy atom. The number of amides is 1. The van der Waals surface area contributed by atoms with Gasteiger partial charge in [-0.3, -0.25) is 9.59 Å². The Morgan fingerprint density at radius 1 is 0.333 bits per heavy atom. The predicted molar refractivity (Wildman–Crippen MR) is 357 cm³/mol. The fraction of sp³-hybridized carbons (Fsp3) is 0.947. The van der Waals surface area contributed by atoms with E-state index < -0.39 is 12.1 Å². The molecule has 0 aliphatic heterocycles. The van der Waals surface area contributed by atoms with E-state index in [0.29, 0.717) is 25.9 Å². The van der Waals surface area contributed by atoms with Crippen LogP contribution in [0, 0.1) is 0 Å². The number of nitrogens with one attached hydrogen (secondary N) is 1. The molecule has 6 heteroatoms. The highest BCUT2D eigenvalue weighted by atomic mass is 16.5. The minimum Gasteiger partial charge on any atom is -0.466 e. The molecule has 3 N–H and O–H groups in total. The molecule has 0 aromatic carbocycles. The number of carbonyl (C=O) groups is 2. The van der Waals surface area contributed by atoms with Crippen molar-refractivity contribution < 1.29 is 24.5 Å². The molecular formula is C75H147NO5. The smallest absolute Gasteiger partial charge is 0.305 e. The summed E-state index contributed by atoms with van der Waals surface area (Å²) >= 11 is 0. The van der Waals surface area contributed by atoms with E-state index in [2.05, 4.69) is 31.3 Å². The van der Waals surface area contributed by atoms with Crippen molar-refractivity contribution >= 4 is 11.9 Å². The molecule has 0 radical (unpaired) electrons. The van der Waals surface area contributed by atoms with Crippen molar-refractivity contribution in [2.24, 2.45) is 0 Å². The molecule has 81 heavy (non-hydrogen) atoms. The second-order valence-corrected chi connectivity index (χ2v) is 26.0.